The van der Waals surface area contributed by atoms with Crippen molar-refractivity contribution < 1.29 is 22.7 Å². The van der Waals surface area contributed by atoms with Crippen LogP contribution in [-0.4, -0.2) is 56.6 Å². The number of methoxy groups -OCH3 is 1. The first kappa shape index (κ1) is 30.7. The normalized spacial score (nSPS) is 12.3. The smallest absolute Gasteiger partial charge is 0.244 e. The molecule has 1 atom stereocenters. The maximum atomic E-state index is 14.1. The number of hydrogen-bond acceptors (Lipinski definition) is 5. The van der Waals surface area contributed by atoms with Crippen LogP contribution in [0.1, 0.15) is 37.5 Å². The number of amides is 2. The zero-order valence-corrected chi connectivity index (χ0v) is 24.9. The van der Waals surface area contributed by atoms with Crippen LogP contribution in [0.25, 0.3) is 0 Å². The molecule has 214 valence electrons. The maximum Gasteiger partial charge on any atom is 0.244 e. The van der Waals surface area contributed by atoms with Crippen molar-refractivity contribution in [2.75, 3.05) is 24.2 Å². The Morgan fingerprint density at radius 1 is 0.925 bits per heavy atom. The molecular formula is C31H39N3O5S. The number of hydrogen-bond donors (Lipinski definition) is 1. The number of ether oxygens (including phenoxy) is 1. The van der Waals surface area contributed by atoms with Crippen molar-refractivity contribution in [1.29, 1.82) is 0 Å². The average Bonchev–Trinajstić information content (AvgIpc) is 2.88. The van der Waals surface area contributed by atoms with Gasteiger partial charge in [0.1, 0.15) is 18.3 Å². The van der Waals surface area contributed by atoms with E-state index in [0.29, 0.717) is 11.4 Å². The van der Waals surface area contributed by atoms with Crippen LogP contribution in [0.5, 0.6) is 5.75 Å². The van der Waals surface area contributed by atoms with E-state index in [-0.39, 0.29) is 18.9 Å². The van der Waals surface area contributed by atoms with E-state index in [4.69, 9.17) is 4.74 Å². The Morgan fingerprint density at radius 3 is 2.10 bits per heavy atom. The molecule has 2 amide bonds. The molecule has 0 aliphatic rings. The Balaban J connectivity index is 2.06. The third-order valence-corrected chi connectivity index (χ3v) is 7.38. The van der Waals surface area contributed by atoms with Crippen LogP contribution in [0.3, 0.4) is 0 Å². The summed E-state index contributed by atoms with van der Waals surface area (Å²) in [6, 6.07) is 22.8. The van der Waals surface area contributed by atoms with Crippen molar-refractivity contribution in [2.24, 2.45) is 0 Å². The summed E-state index contributed by atoms with van der Waals surface area (Å²) < 4.78 is 32.0. The number of rotatable bonds is 11. The molecule has 40 heavy (non-hydrogen) atoms. The monoisotopic (exact) mass is 565 g/mol. The van der Waals surface area contributed by atoms with Crippen molar-refractivity contribution in [3.8, 4) is 5.75 Å². The standard InChI is InChI=1S/C31H39N3O5S/c1-23-11-10-14-25(19-23)21-33(28(30(36)32-31(2,3)4)20-24-12-8-7-9-13-24)29(35)22-34(40(6,37)38)26-15-17-27(39-5)18-16-26/h7-19,28H,20-22H2,1-6H3,(H,32,36)/t28-/m0/s1. The molecule has 0 fully saturated rings. The highest BCUT2D eigenvalue weighted by atomic mass is 32.2. The van der Waals surface area contributed by atoms with Crippen molar-refractivity contribution in [2.45, 2.75) is 52.2 Å². The summed E-state index contributed by atoms with van der Waals surface area (Å²) in [5.74, 6) is -0.244. The van der Waals surface area contributed by atoms with Gasteiger partial charge in [0.2, 0.25) is 21.8 Å². The van der Waals surface area contributed by atoms with Gasteiger partial charge in [-0.1, -0.05) is 60.2 Å². The fourth-order valence-electron chi connectivity index (χ4n) is 4.38. The second-order valence-corrected chi connectivity index (χ2v) is 12.8. The van der Waals surface area contributed by atoms with Crippen LogP contribution in [0.4, 0.5) is 5.69 Å². The molecule has 9 heteroatoms. The summed E-state index contributed by atoms with van der Waals surface area (Å²) in [4.78, 5) is 29.3. The first-order valence-electron chi connectivity index (χ1n) is 13.1. The van der Waals surface area contributed by atoms with E-state index in [1.54, 1.807) is 24.3 Å². The number of aryl methyl sites for hydroxylation is 1. The number of nitrogens with one attached hydrogen (secondary N) is 1. The third kappa shape index (κ3) is 8.84. The van der Waals surface area contributed by atoms with Crippen molar-refractivity contribution >= 4 is 27.5 Å². The fraction of sp³-hybridized carbons (Fsp3) is 0.355. The fourth-order valence-corrected chi connectivity index (χ4v) is 5.23. The molecule has 0 saturated carbocycles. The van der Waals surface area contributed by atoms with Gasteiger partial charge in [-0.2, -0.15) is 0 Å². The number of anilines is 1. The number of benzene rings is 3. The Kier molecular flexibility index (Phi) is 9.98. The van der Waals surface area contributed by atoms with Crippen molar-refractivity contribution in [1.82, 2.24) is 10.2 Å². The molecule has 0 heterocycles. The van der Waals surface area contributed by atoms with E-state index < -0.39 is 34.1 Å². The molecule has 3 aromatic rings. The van der Waals surface area contributed by atoms with E-state index in [1.165, 1.54) is 12.0 Å². The lowest BCUT2D eigenvalue weighted by Crippen LogP contribution is -2.56. The number of nitrogens with zero attached hydrogens (tertiary/aromatic N) is 2. The zero-order chi connectivity index (χ0) is 29.5. The SMILES string of the molecule is COc1ccc(N(CC(=O)N(Cc2cccc(C)c2)[C@@H](Cc2ccccc2)C(=O)NC(C)(C)C)S(C)(=O)=O)cc1. The van der Waals surface area contributed by atoms with Gasteiger partial charge in [-0.15, -0.1) is 0 Å². The molecule has 3 aromatic carbocycles. The van der Waals surface area contributed by atoms with Crippen LogP contribution < -0.4 is 14.4 Å². The molecule has 0 saturated heterocycles. The summed E-state index contributed by atoms with van der Waals surface area (Å²) in [5, 5.41) is 3.02. The van der Waals surface area contributed by atoms with Gasteiger partial charge in [-0.05, 0) is 63.1 Å². The summed E-state index contributed by atoms with van der Waals surface area (Å²) >= 11 is 0. The Hall–Kier alpha value is -3.85. The lowest BCUT2D eigenvalue weighted by Gasteiger charge is -2.35. The highest BCUT2D eigenvalue weighted by molar-refractivity contribution is 7.92. The van der Waals surface area contributed by atoms with Gasteiger partial charge in [-0.25, -0.2) is 8.42 Å². The molecule has 0 aliphatic heterocycles. The molecule has 0 aromatic heterocycles. The van der Waals surface area contributed by atoms with E-state index in [2.05, 4.69) is 5.32 Å². The maximum absolute atomic E-state index is 14.1. The minimum Gasteiger partial charge on any atom is -0.497 e. The average molecular weight is 566 g/mol. The highest BCUT2D eigenvalue weighted by Crippen LogP contribution is 2.23. The molecule has 0 spiro atoms. The summed E-state index contributed by atoms with van der Waals surface area (Å²) in [6.07, 6.45) is 1.32. The quantitative estimate of drug-likeness (QED) is 0.374. The Morgan fingerprint density at radius 2 is 1.55 bits per heavy atom. The van der Waals surface area contributed by atoms with Crippen LogP contribution in [0.2, 0.25) is 0 Å². The molecular weight excluding hydrogens is 526 g/mol. The van der Waals surface area contributed by atoms with Crippen molar-refractivity contribution in [3.05, 3.63) is 95.6 Å². The van der Waals surface area contributed by atoms with Gasteiger partial charge >= 0.3 is 0 Å². The number of carbonyl (C=O) groups excluding carboxylic acids is 2. The minimum absolute atomic E-state index is 0.135. The van der Waals surface area contributed by atoms with Gasteiger partial charge in [0, 0.05) is 18.5 Å². The van der Waals surface area contributed by atoms with Crippen LogP contribution >= 0.6 is 0 Å². The second-order valence-electron chi connectivity index (χ2n) is 10.9. The molecule has 3 rings (SSSR count). The highest BCUT2D eigenvalue weighted by Gasteiger charge is 2.34. The van der Waals surface area contributed by atoms with Crippen LogP contribution in [0.15, 0.2) is 78.9 Å². The van der Waals surface area contributed by atoms with E-state index in [1.807, 2.05) is 82.3 Å². The Labute approximate surface area is 238 Å². The topological polar surface area (TPSA) is 96.0 Å². The molecule has 0 aliphatic carbocycles. The summed E-state index contributed by atoms with van der Waals surface area (Å²) in [6.45, 7) is 7.27. The predicted molar refractivity (Wildman–Crippen MR) is 159 cm³/mol. The lowest BCUT2D eigenvalue weighted by molar-refractivity contribution is -0.140. The van der Waals surface area contributed by atoms with Gasteiger partial charge in [0.25, 0.3) is 0 Å². The first-order chi connectivity index (χ1) is 18.8. The molecule has 8 nitrogen and oxygen atoms in total. The summed E-state index contributed by atoms with van der Waals surface area (Å²) in [7, 11) is -2.32. The number of sulfonamides is 1. The number of carbonyl (C=O) groups is 2. The van der Waals surface area contributed by atoms with E-state index in [0.717, 1.165) is 27.3 Å². The van der Waals surface area contributed by atoms with E-state index >= 15 is 0 Å². The zero-order valence-electron chi connectivity index (χ0n) is 24.0. The van der Waals surface area contributed by atoms with Gasteiger partial charge in [0.15, 0.2) is 0 Å². The molecule has 0 radical (unpaired) electrons. The molecule has 0 unspecified atom stereocenters. The third-order valence-electron chi connectivity index (χ3n) is 6.24. The first-order valence-corrected chi connectivity index (χ1v) is 14.9. The molecule has 1 N–H and O–H groups in total. The van der Waals surface area contributed by atoms with Gasteiger partial charge in [0.05, 0.1) is 19.1 Å². The predicted octanol–water partition coefficient (Wildman–Crippen LogP) is 4.32. The minimum atomic E-state index is -3.83. The van der Waals surface area contributed by atoms with Crippen LogP contribution in [0, 0.1) is 6.92 Å². The Bertz CT molecular complexity index is 1400. The van der Waals surface area contributed by atoms with Crippen molar-refractivity contribution in [3.63, 3.8) is 0 Å². The van der Waals surface area contributed by atoms with E-state index in [9.17, 15) is 18.0 Å². The molecule has 0 bridgehead atoms. The lowest BCUT2D eigenvalue weighted by atomic mass is 10.0. The largest absolute Gasteiger partial charge is 0.497 e. The van der Waals surface area contributed by atoms with Gasteiger partial charge < -0.3 is 15.0 Å². The van der Waals surface area contributed by atoms with Crippen LogP contribution in [-0.2, 0) is 32.6 Å². The second kappa shape index (κ2) is 13.0. The summed E-state index contributed by atoms with van der Waals surface area (Å²) in [5.41, 5.74) is 2.52. The van der Waals surface area contributed by atoms with Gasteiger partial charge in [-0.3, -0.25) is 13.9 Å².